The van der Waals surface area contributed by atoms with Crippen molar-refractivity contribution < 1.29 is 18.3 Å². The molecule has 1 atom stereocenters. The number of aromatic nitrogens is 2. The van der Waals surface area contributed by atoms with Crippen molar-refractivity contribution in [2.24, 2.45) is 5.73 Å². The second-order valence-electron chi connectivity index (χ2n) is 8.44. The molecule has 0 fully saturated rings. The number of aryl methyl sites for hydroxylation is 2. The van der Waals surface area contributed by atoms with Crippen molar-refractivity contribution in [2.45, 2.75) is 65.5 Å². The molecule has 2 N–H and O–H groups in total. The Morgan fingerprint density at radius 1 is 1.19 bits per heavy atom. The lowest BCUT2D eigenvalue weighted by Crippen LogP contribution is -2.36. The number of nitrogens with two attached hydrogens (primary N) is 1. The zero-order chi connectivity index (χ0) is 22.8. The van der Waals surface area contributed by atoms with E-state index in [0.29, 0.717) is 35.5 Å². The van der Waals surface area contributed by atoms with E-state index < -0.39 is 17.2 Å². The number of nitrogens with zero attached hydrogens (tertiary/aromatic N) is 2. The molecule has 5 nitrogen and oxygen atoms in total. The zero-order valence-electron chi connectivity index (χ0n) is 18.5. The number of carbonyl (C=O) groups is 1. The molecule has 0 amide bonds. The van der Waals surface area contributed by atoms with Crippen molar-refractivity contribution in [1.29, 1.82) is 0 Å². The van der Waals surface area contributed by atoms with Crippen molar-refractivity contribution in [1.82, 2.24) is 9.61 Å². The molecule has 0 aliphatic carbocycles. The maximum atomic E-state index is 14.0. The minimum Gasteiger partial charge on any atom is -0.473 e. The number of halogens is 2. The lowest BCUT2D eigenvalue weighted by molar-refractivity contribution is 0.0971. The van der Waals surface area contributed by atoms with Crippen LogP contribution in [0.2, 0.25) is 0 Å². The van der Waals surface area contributed by atoms with Crippen molar-refractivity contribution >= 4 is 11.3 Å². The molecule has 2 heterocycles. The summed E-state index contributed by atoms with van der Waals surface area (Å²) in [4.78, 5) is 13.0. The van der Waals surface area contributed by atoms with Crippen LogP contribution in [-0.2, 0) is 6.61 Å². The predicted molar refractivity (Wildman–Crippen MR) is 116 cm³/mol. The van der Waals surface area contributed by atoms with Crippen molar-refractivity contribution in [2.75, 3.05) is 0 Å². The van der Waals surface area contributed by atoms with Crippen LogP contribution in [-0.4, -0.2) is 20.9 Å². The predicted octanol–water partition coefficient (Wildman–Crippen LogP) is 5.29. The van der Waals surface area contributed by atoms with Gasteiger partial charge in [0.25, 0.3) is 0 Å². The molecule has 3 aromatic rings. The van der Waals surface area contributed by atoms with E-state index in [-0.39, 0.29) is 18.0 Å². The highest BCUT2D eigenvalue weighted by molar-refractivity contribution is 6.03. The van der Waals surface area contributed by atoms with Gasteiger partial charge in [0.2, 0.25) is 5.88 Å². The van der Waals surface area contributed by atoms with Crippen molar-refractivity contribution in [3.05, 3.63) is 64.4 Å². The number of ether oxygens (including phenoxy) is 1. The monoisotopic (exact) mass is 429 g/mol. The van der Waals surface area contributed by atoms with Crippen LogP contribution in [0.1, 0.15) is 66.7 Å². The normalized spacial score (nSPS) is 13.4. The molecule has 3 rings (SSSR count). The number of ketones is 1. The molecule has 0 aliphatic heterocycles. The summed E-state index contributed by atoms with van der Waals surface area (Å²) >= 11 is 0. The van der Waals surface area contributed by atoms with Crippen LogP contribution < -0.4 is 10.5 Å². The Balaban J connectivity index is 1.90. The van der Waals surface area contributed by atoms with Gasteiger partial charge in [-0.25, -0.2) is 13.3 Å². The number of fused-ring (bicyclic) bond motifs is 1. The average molecular weight is 430 g/mol. The maximum Gasteiger partial charge on any atom is 0.215 e. The fourth-order valence-electron chi connectivity index (χ4n) is 3.84. The second kappa shape index (κ2) is 9.14. The molecule has 0 spiro atoms. The van der Waals surface area contributed by atoms with E-state index in [9.17, 15) is 13.6 Å². The van der Waals surface area contributed by atoms with Crippen LogP contribution >= 0.6 is 0 Å². The molecule has 0 aliphatic rings. The van der Waals surface area contributed by atoms with Crippen LogP contribution in [0.15, 0.2) is 30.3 Å². The Bertz CT molecular complexity index is 1090. The summed E-state index contributed by atoms with van der Waals surface area (Å²) in [6, 6.07) is 7.26. The topological polar surface area (TPSA) is 69.6 Å². The number of hydrogen-bond donors (Lipinski definition) is 1. The molecule has 0 saturated carbocycles. The molecular weight excluding hydrogens is 400 g/mol. The van der Waals surface area contributed by atoms with Gasteiger partial charge in [-0.3, -0.25) is 4.79 Å². The average Bonchev–Trinajstić information content (AvgIpc) is 3.01. The van der Waals surface area contributed by atoms with Gasteiger partial charge < -0.3 is 10.5 Å². The molecule has 0 radical (unpaired) electrons. The number of carbonyl (C=O) groups excluding carboxylic acids is 1. The number of Topliss-reactive ketones (excluding diaryl/α,β-unsaturated/α-hetero) is 1. The summed E-state index contributed by atoms with van der Waals surface area (Å²) in [6.07, 6.45) is 2.70. The summed E-state index contributed by atoms with van der Waals surface area (Å²) in [5.41, 5.74) is 8.30. The third-order valence-electron chi connectivity index (χ3n) is 5.47. The van der Waals surface area contributed by atoms with Gasteiger partial charge in [0.15, 0.2) is 5.78 Å². The standard InChI is InChI=1S/C24H29F2N3O2/c1-5-10-24(4,27)11-9-21(30)23-16(3)28-29-20(23)12-15(2)13-22(29)31-14-17-18(25)7-6-8-19(17)26/h6-8,12-13H,5,9-11,14,27H2,1-4H3. The first kappa shape index (κ1) is 22.9. The van der Waals surface area contributed by atoms with Gasteiger partial charge in [0.05, 0.1) is 22.3 Å². The minimum atomic E-state index is -0.673. The molecular formula is C24H29F2N3O2. The quantitative estimate of drug-likeness (QED) is 0.469. The second-order valence-corrected chi connectivity index (χ2v) is 8.44. The Morgan fingerprint density at radius 3 is 2.52 bits per heavy atom. The lowest BCUT2D eigenvalue weighted by atomic mass is 9.89. The Morgan fingerprint density at radius 2 is 1.87 bits per heavy atom. The first-order valence-electron chi connectivity index (χ1n) is 10.5. The smallest absolute Gasteiger partial charge is 0.215 e. The van der Waals surface area contributed by atoms with Crippen LogP contribution in [0.4, 0.5) is 8.78 Å². The van der Waals surface area contributed by atoms with Gasteiger partial charge in [0.1, 0.15) is 18.2 Å². The van der Waals surface area contributed by atoms with E-state index in [0.717, 1.165) is 18.4 Å². The summed E-state index contributed by atoms with van der Waals surface area (Å²) < 4.78 is 35.2. The Labute approximate surface area is 181 Å². The number of benzene rings is 1. The fourth-order valence-corrected chi connectivity index (χ4v) is 3.84. The summed E-state index contributed by atoms with van der Waals surface area (Å²) in [5, 5.41) is 4.47. The Kier molecular flexibility index (Phi) is 6.74. The number of pyridine rings is 1. The van der Waals surface area contributed by atoms with Crippen LogP contribution in [0.5, 0.6) is 5.88 Å². The molecule has 31 heavy (non-hydrogen) atoms. The highest BCUT2D eigenvalue weighted by atomic mass is 19.1. The first-order chi connectivity index (χ1) is 14.6. The van der Waals surface area contributed by atoms with E-state index in [1.54, 1.807) is 13.0 Å². The molecule has 0 saturated heterocycles. The fraction of sp³-hybridized carbons (Fsp3) is 0.417. The number of rotatable bonds is 9. The van der Waals surface area contributed by atoms with Gasteiger partial charge in [-0.15, -0.1) is 0 Å². The first-order valence-corrected chi connectivity index (χ1v) is 10.5. The number of hydrogen-bond acceptors (Lipinski definition) is 4. The third-order valence-corrected chi connectivity index (χ3v) is 5.47. The van der Waals surface area contributed by atoms with Crippen LogP contribution in [0.3, 0.4) is 0 Å². The highest BCUT2D eigenvalue weighted by Gasteiger charge is 2.23. The van der Waals surface area contributed by atoms with Crippen molar-refractivity contribution in [3.63, 3.8) is 0 Å². The van der Waals surface area contributed by atoms with E-state index in [2.05, 4.69) is 12.0 Å². The van der Waals surface area contributed by atoms with Gasteiger partial charge in [-0.05, 0) is 57.4 Å². The molecule has 7 heteroatoms. The van der Waals surface area contributed by atoms with Gasteiger partial charge >= 0.3 is 0 Å². The molecule has 2 aromatic heterocycles. The molecule has 1 aromatic carbocycles. The highest BCUT2D eigenvalue weighted by Crippen LogP contribution is 2.27. The molecule has 166 valence electrons. The zero-order valence-corrected chi connectivity index (χ0v) is 18.5. The largest absolute Gasteiger partial charge is 0.473 e. The Hall–Kier alpha value is -2.80. The summed E-state index contributed by atoms with van der Waals surface area (Å²) in [6.45, 7) is 7.38. The third kappa shape index (κ3) is 5.10. The maximum absolute atomic E-state index is 14.0. The van der Waals surface area contributed by atoms with Gasteiger partial charge in [-0.1, -0.05) is 19.4 Å². The van der Waals surface area contributed by atoms with Gasteiger partial charge in [0, 0.05) is 18.0 Å². The summed E-state index contributed by atoms with van der Waals surface area (Å²) in [7, 11) is 0. The van der Waals surface area contributed by atoms with E-state index >= 15 is 0 Å². The van der Waals surface area contributed by atoms with E-state index in [1.165, 1.54) is 22.7 Å². The summed E-state index contributed by atoms with van der Waals surface area (Å²) in [5.74, 6) is -1.06. The lowest BCUT2D eigenvalue weighted by Gasteiger charge is -2.23. The SMILES string of the molecule is CCCC(C)(N)CCC(=O)c1c(C)nn2c(OCc3c(F)cccc3F)cc(C)cc12. The van der Waals surface area contributed by atoms with Gasteiger partial charge in [-0.2, -0.15) is 5.10 Å². The van der Waals surface area contributed by atoms with Crippen LogP contribution in [0, 0.1) is 25.5 Å². The molecule has 1 unspecified atom stereocenters. The van der Waals surface area contributed by atoms with E-state index in [4.69, 9.17) is 10.5 Å². The minimum absolute atomic E-state index is 0.0306. The molecule has 0 bridgehead atoms. The van der Waals surface area contributed by atoms with Crippen LogP contribution in [0.25, 0.3) is 5.52 Å². The van der Waals surface area contributed by atoms with Crippen molar-refractivity contribution in [3.8, 4) is 5.88 Å². The van der Waals surface area contributed by atoms with E-state index in [1.807, 2.05) is 19.9 Å².